The fourth-order valence-electron chi connectivity index (χ4n) is 3.05. The average molecular weight is 364 g/mol. The van der Waals surface area contributed by atoms with Gasteiger partial charge in [-0.05, 0) is 18.1 Å². The van der Waals surface area contributed by atoms with Crippen molar-refractivity contribution >= 4 is 27.0 Å². The first-order valence-electron chi connectivity index (χ1n) is 8.59. The summed E-state index contributed by atoms with van der Waals surface area (Å²) < 4.78 is 28.2. The minimum Gasteiger partial charge on any atom is -0.361 e. The van der Waals surface area contributed by atoms with Crippen LogP contribution in [0.25, 0.3) is 10.9 Å². The molecule has 2 N–H and O–H groups in total. The van der Waals surface area contributed by atoms with E-state index in [2.05, 4.69) is 9.71 Å². The minimum atomic E-state index is -3.43. The van der Waals surface area contributed by atoms with Crippen LogP contribution in [0.2, 0.25) is 0 Å². The summed E-state index contributed by atoms with van der Waals surface area (Å²) in [7, 11) is -3.43. The molecule has 0 atom stereocenters. The number of piperazine rings is 1. The molecule has 2 aromatic rings. The number of fused-ring (bicyclic) bond motifs is 1. The number of aromatic nitrogens is 1. The molecule has 8 heteroatoms. The maximum atomic E-state index is 12.6. The number of H-pyrrole nitrogens is 1. The van der Waals surface area contributed by atoms with E-state index in [-0.39, 0.29) is 5.91 Å². The van der Waals surface area contributed by atoms with Crippen molar-refractivity contribution in [1.82, 2.24) is 18.9 Å². The Labute approximate surface area is 148 Å². The minimum absolute atomic E-state index is 0.0309. The number of hydrogen-bond acceptors (Lipinski definition) is 3. The van der Waals surface area contributed by atoms with E-state index in [9.17, 15) is 13.2 Å². The number of amides is 1. The van der Waals surface area contributed by atoms with Gasteiger partial charge in [0.05, 0.1) is 6.42 Å². The SMILES string of the molecule is CCCNS(=O)(=O)N1CCN(C(=O)Cc2c[nH]c3ccccc23)CC1. The Kier molecular flexibility index (Phi) is 5.41. The molecule has 2 heterocycles. The lowest BCUT2D eigenvalue weighted by Gasteiger charge is -2.34. The number of nitrogens with zero attached hydrogens (tertiary/aromatic N) is 2. The molecule has 1 aromatic heterocycles. The van der Waals surface area contributed by atoms with Crippen LogP contribution in [0.5, 0.6) is 0 Å². The number of carbonyl (C=O) groups excluding carboxylic acids is 1. The third-order valence-corrected chi connectivity index (χ3v) is 6.10. The normalized spacial score (nSPS) is 16.4. The summed E-state index contributed by atoms with van der Waals surface area (Å²) >= 11 is 0. The number of nitrogens with one attached hydrogen (secondary N) is 2. The summed E-state index contributed by atoms with van der Waals surface area (Å²) in [5, 5.41) is 1.06. The van der Waals surface area contributed by atoms with Crippen LogP contribution in [0, 0.1) is 0 Å². The van der Waals surface area contributed by atoms with Crippen LogP contribution in [0.3, 0.4) is 0 Å². The van der Waals surface area contributed by atoms with Gasteiger partial charge in [0.2, 0.25) is 5.91 Å². The molecule has 25 heavy (non-hydrogen) atoms. The first-order valence-corrected chi connectivity index (χ1v) is 10.0. The van der Waals surface area contributed by atoms with E-state index in [1.54, 1.807) is 4.90 Å². The molecule has 1 fully saturated rings. The zero-order valence-electron chi connectivity index (χ0n) is 14.4. The van der Waals surface area contributed by atoms with E-state index in [1.807, 2.05) is 37.4 Å². The Morgan fingerprint density at radius 1 is 1.20 bits per heavy atom. The van der Waals surface area contributed by atoms with Gasteiger partial charge in [-0.1, -0.05) is 25.1 Å². The Bertz CT molecular complexity index is 838. The lowest BCUT2D eigenvalue weighted by Crippen LogP contribution is -2.53. The monoisotopic (exact) mass is 364 g/mol. The van der Waals surface area contributed by atoms with E-state index in [0.29, 0.717) is 39.1 Å². The van der Waals surface area contributed by atoms with Gasteiger partial charge in [0.15, 0.2) is 0 Å². The second-order valence-electron chi connectivity index (χ2n) is 6.22. The zero-order valence-corrected chi connectivity index (χ0v) is 15.2. The summed E-state index contributed by atoms with van der Waals surface area (Å²) in [6.07, 6.45) is 2.95. The predicted molar refractivity (Wildman–Crippen MR) is 97.4 cm³/mol. The van der Waals surface area contributed by atoms with Gasteiger partial charge in [0, 0.05) is 49.8 Å². The van der Waals surface area contributed by atoms with Crippen LogP contribution in [-0.4, -0.2) is 61.2 Å². The van der Waals surface area contributed by atoms with Crippen LogP contribution >= 0.6 is 0 Å². The highest BCUT2D eigenvalue weighted by Gasteiger charge is 2.28. The second kappa shape index (κ2) is 7.55. The Morgan fingerprint density at radius 3 is 2.64 bits per heavy atom. The predicted octanol–water partition coefficient (Wildman–Crippen LogP) is 1.10. The number of para-hydroxylation sites is 1. The highest BCUT2D eigenvalue weighted by molar-refractivity contribution is 7.87. The van der Waals surface area contributed by atoms with Crippen LogP contribution < -0.4 is 4.72 Å². The van der Waals surface area contributed by atoms with Gasteiger partial charge < -0.3 is 9.88 Å². The molecule has 1 aliphatic rings. The summed E-state index contributed by atoms with van der Waals surface area (Å²) in [5.41, 5.74) is 1.99. The first kappa shape index (κ1) is 17.9. The van der Waals surface area contributed by atoms with Crippen molar-refractivity contribution in [1.29, 1.82) is 0 Å². The summed E-state index contributed by atoms with van der Waals surface area (Å²) in [5.74, 6) is 0.0309. The molecule has 1 aliphatic heterocycles. The van der Waals surface area contributed by atoms with Crippen molar-refractivity contribution in [3.8, 4) is 0 Å². The van der Waals surface area contributed by atoms with Crippen LogP contribution in [0.1, 0.15) is 18.9 Å². The van der Waals surface area contributed by atoms with Crippen LogP contribution in [-0.2, 0) is 21.4 Å². The molecule has 3 rings (SSSR count). The number of benzene rings is 1. The Balaban J connectivity index is 1.58. The van der Waals surface area contributed by atoms with E-state index >= 15 is 0 Å². The molecule has 1 saturated heterocycles. The average Bonchev–Trinajstić information content (AvgIpc) is 3.03. The van der Waals surface area contributed by atoms with E-state index < -0.39 is 10.2 Å². The molecular formula is C17H24N4O3S. The summed E-state index contributed by atoms with van der Waals surface area (Å²) in [6.45, 7) is 3.87. The molecule has 136 valence electrons. The molecule has 0 unspecified atom stereocenters. The van der Waals surface area contributed by atoms with Gasteiger partial charge in [-0.25, -0.2) is 4.72 Å². The molecule has 0 spiro atoms. The highest BCUT2D eigenvalue weighted by atomic mass is 32.2. The van der Waals surface area contributed by atoms with Gasteiger partial charge in [-0.15, -0.1) is 0 Å². The molecule has 0 radical (unpaired) electrons. The third-order valence-electron chi connectivity index (χ3n) is 4.48. The molecule has 0 bridgehead atoms. The summed E-state index contributed by atoms with van der Waals surface area (Å²) in [6, 6.07) is 7.89. The molecule has 1 aromatic carbocycles. The standard InChI is InChI=1S/C17H24N4O3S/c1-2-7-19-25(23,24)21-10-8-20(9-11-21)17(22)12-14-13-18-16-6-4-3-5-15(14)16/h3-6,13,18-19H,2,7-12H2,1H3. The molecule has 0 saturated carbocycles. The van der Waals surface area contributed by atoms with Crippen molar-refractivity contribution in [2.45, 2.75) is 19.8 Å². The topological polar surface area (TPSA) is 85.5 Å². The first-order chi connectivity index (χ1) is 12.0. The van der Waals surface area contributed by atoms with Crippen molar-refractivity contribution < 1.29 is 13.2 Å². The molecule has 7 nitrogen and oxygen atoms in total. The van der Waals surface area contributed by atoms with Gasteiger partial charge >= 0.3 is 0 Å². The van der Waals surface area contributed by atoms with Crippen molar-refractivity contribution in [2.24, 2.45) is 0 Å². The number of rotatable bonds is 6. The molecule has 1 amide bonds. The molecular weight excluding hydrogens is 340 g/mol. The third kappa shape index (κ3) is 4.02. The van der Waals surface area contributed by atoms with Crippen molar-refractivity contribution in [2.75, 3.05) is 32.7 Å². The maximum absolute atomic E-state index is 12.6. The summed E-state index contributed by atoms with van der Waals surface area (Å²) in [4.78, 5) is 17.5. The quantitative estimate of drug-likeness (QED) is 0.805. The van der Waals surface area contributed by atoms with Crippen LogP contribution in [0.15, 0.2) is 30.5 Å². The number of aromatic amines is 1. The van der Waals surface area contributed by atoms with E-state index in [4.69, 9.17) is 0 Å². The largest absolute Gasteiger partial charge is 0.361 e. The lowest BCUT2D eigenvalue weighted by molar-refractivity contribution is -0.131. The number of carbonyl (C=O) groups is 1. The molecule has 0 aliphatic carbocycles. The van der Waals surface area contributed by atoms with Crippen molar-refractivity contribution in [3.05, 3.63) is 36.0 Å². The van der Waals surface area contributed by atoms with Gasteiger partial charge in [0.25, 0.3) is 10.2 Å². The number of hydrogen-bond donors (Lipinski definition) is 2. The second-order valence-corrected chi connectivity index (χ2v) is 7.97. The van der Waals surface area contributed by atoms with Crippen LogP contribution in [0.4, 0.5) is 0 Å². The Hall–Kier alpha value is -1.90. The fraction of sp³-hybridized carbons (Fsp3) is 0.471. The van der Waals surface area contributed by atoms with Gasteiger partial charge in [-0.3, -0.25) is 4.79 Å². The van der Waals surface area contributed by atoms with E-state index in [0.717, 1.165) is 22.9 Å². The van der Waals surface area contributed by atoms with Crippen molar-refractivity contribution in [3.63, 3.8) is 0 Å². The van der Waals surface area contributed by atoms with Gasteiger partial charge in [-0.2, -0.15) is 12.7 Å². The zero-order chi connectivity index (χ0) is 17.9. The smallest absolute Gasteiger partial charge is 0.279 e. The van der Waals surface area contributed by atoms with Gasteiger partial charge in [0.1, 0.15) is 0 Å². The maximum Gasteiger partial charge on any atom is 0.279 e. The highest BCUT2D eigenvalue weighted by Crippen LogP contribution is 2.19. The van der Waals surface area contributed by atoms with E-state index in [1.165, 1.54) is 4.31 Å². The fourth-order valence-corrected chi connectivity index (χ4v) is 4.34. The Morgan fingerprint density at radius 2 is 1.92 bits per heavy atom. The lowest BCUT2D eigenvalue weighted by atomic mass is 10.1.